The fraction of sp³-hybridized carbons (Fsp3) is 0.385. The van der Waals surface area contributed by atoms with Crippen LogP contribution in [0.2, 0.25) is 0 Å². The molecular weight excluding hydrogens is 290 g/mol. The summed E-state index contributed by atoms with van der Waals surface area (Å²) >= 11 is 0. The van der Waals surface area contributed by atoms with Crippen LogP contribution in [0.3, 0.4) is 0 Å². The molecule has 0 fully saturated rings. The Morgan fingerprint density at radius 1 is 1.29 bits per heavy atom. The van der Waals surface area contributed by atoms with E-state index in [1.54, 1.807) is 23.7 Å². The molecule has 0 amide bonds. The maximum atomic E-state index is 12.3. The van der Waals surface area contributed by atoms with E-state index in [-0.39, 0.29) is 4.90 Å². The minimum atomic E-state index is -3.65. The first kappa shape index (κ1) is 15.5. The van der Waals surface area contributed by atoms with Crippen LogP contribution in [0.5, 0.6) is 0 Å². The van der Waals surface area contributed by atoms with Crippen LogP contribution in [-0.4, -0.2) is 36.8 Å². The lowest BCUT2D eigenvalue weighted by molar-refractivity contribution is 0.582. The van der Waals surface area contributed by atoms with E-state index in [4.69, 9.17) is 0 Å². The van der Waals surface area contributed by atoms with Crippen molar-refractivity contribution in [3.8, 4) is 0 Å². The zero-order valence-electron chi connectivity index (χ0n) is 12.3. The standard InChI is InChI=1S/C13H19N5O2S/c1-10-4-5-13(11(2)16-10)17-21(19,20)12-8-15-18(9-12)7-6-14-3/h4-5,8-9,14,17H,6-7H2,1-3H3. The van der Waals surface area contributed by atoms with Crippen molar-refractivity contribution in [3.05, 3.63) is 35.9 Å². The molecule has 2 heterocycles. The number of likely N-dealkylation sites (N-methyl/N-ethyl adjacent to an activating group) is 1. The van der Waals surface area contributed by atoms with Gasteiger partial charge >= 0.3 is 0 Å². The van der Waals surface area contributed by atoms with Gasteiger partial charge in [0.2, 0.25) is 0 Å². The van der Waals surface area contributed by atoms with E-state index < -0.39 is 10.0 Å². The summed E-state index contributed by atoms with van der Waals surface area (Å²) in [6.45, 7) is 4.95. The van der Waals surface area contributed by atoms with Crippen molar-refractivity contribution >= 4 is 15.7 Å². The highest BCUT2D eigenvalue weighted by atomic mass is 32.2. The van der Waals surface area contributed by atoms with Crippen molar-refractivity contribution in [2.75, 3.05) is 18.3 Å². The maximum absolute atomic E-state index is 12.3. The van der Waals surface area contributed by atoms with Crippen molar-refractivity contribution in [1.29, 1.82) is 0 Å². The fourth-order valence-corrected chi connectivity index (χ4v) is 2.90. The first-order chi connectivity index (χ1) is 9.92. The highest BCUT2D eigenvalue weighted by Gasteiger charge is 2.17. The Hall–Kier alpha value is -1.93. The van der Waals surface area contributed by atoms with Gasteiger partial charge in [0.25, 0.3) is 10.0 Å². The topological polar surface area (TPSA) is 88.9 Å². The van der Waals surface area contributed by atoms with E-state index in [1.165, 1.54) is 12.4 Å². The van der Waals surface area contributed by atoms with Crippen LogP contribution < -0.4 is 10.0 Å². The molecule has 0 saturated carbocycles. The second kappa shape index (κ2) is 6.23. The Kier molecular flexibility index (Phi) is 4.59. The van der Waals surface area contributed by atoms with Gasteiger partial charge in [-0.15, -0.1) is 0 Å². The largest absolute Gasteiger partial charge is 0.318 e. The fourth-order valence-electron chi connectivity index (χ4n) is 1.83. The van der Waals surface area contributed by atoms with Gasteiger partial charge in [0.1, 0.15) is 4.90 Å². The third-order valence-corrected chi connectivity index (χ3v) is 4.30. The zero-order valence-corrected chi connectivity index (χ0v) is 13.1. The Morgan fingerprint density at radius 3 is 2.71 bits per heavy atom. The summed E-state index contributed by atoms with van der Waals surface area (Å²) in [6.07, 6.45) is 2.85. The van der Waals surface area contributed by atoms with Gasteiger partial charge in [0.15, 0.2) is 0 Å². The molecule has 0 aromatic carbocycles. The minimum Gasteiger partial charge on any atom is -0.318 e. The summed E-state index contributed by atoms with van der Waals surface area (Å²) < 4.78 is 28.8. The Morgan fingerprint density at radius 2 is 2.05 bits per heavy atom. The third kappa shape index (κ3) is 3.79. The zero-order chi connectivity index (χ0) is 15.5. The monoisotopic (exact) mass is 309 g/mol. The third-order valence-electron chi connectivity index (χ3n) is 2.98. The number of nitrogens with zero attached hydrogens (tertiary/aromatic N) is 3. The molecule has 114 valence electrons. The van der Waals surface area contributed by atoms with Crippen molar-refractivity contribution in [2.45, 2.75) is 25.3 Å². The molecule has 2 aromatic heterocycles. The van der Waals surface area contributed by atoms with Gasteiger partial charge in [0, 0.05) is 18.4 Å². The van der Waals surface area contributed by atoms with Crippen molar-refractivity contribution in [3.63, 3.8) is 0 Å². The maximum Gasteiger partial charge on any atom is 0.265 e. The molecule has 2 N–H and O–H groups in total. The molecule has 2 rings (SSSR count). The molecule has 0 spiro atoms. The van der Waals surface area contributed by atoms with Gasteiger partial charge in [-0.1, -0.05) is 0 Å². The van der Waals surface area contributed by atoms with E-state index in [1.807, 2.05) is 14.0 Å². The molecule has 2 aromatic rings. The molecule has 7 nitrogen and oxygen atoms in total. The number of rotatable bonds is 6. The van der Waals surface area contributed by atoms with Crippen molar-refractivity contribution < 1.29 is 8.42 Å². The molecule has 0 aliphatic carbocycles. The molecule has 8 heteroatoms. The van der Waals surface area contributed by atoms with Gasteiger partial charge in [-0.3, -0.25) is 14.4 Å². The first-order valence-electron chi connectivity index (χ1n) is 6.56. The minimum absolute atomic E-state index is 0.138. The normalized spacial score (nSPS) is 11.6. The van der Waals surface area contributed by atoms with Gasteiger partial charge in [-0.2, -0.15) is 5.10 Å². The summed E-state index contributed by atoms with van der Waals surface area (Å²) in [4.78, 5) is 4.38. The number of hydrogen-bond donors (Lipinski definition) is 2. The smallest absolute Gasteiger partial charge is 0.265 e. The Labute approximate surface area is 124 Å². The average molecular weight is 309 g/mol. The Bertz CT molecular complexity index is 724. The predicted octanol–water partition coefficient (Wildman–Crippen LogP) is 0.915. The number of anilines is 1. The SMILES string of the molecule is CNCCn1cc(S(=O)(=O)Nc2ccc(C)nc2C)cn1. The predicted molar refractivity (Wildman–Crippen MR) is 80.7 cm³/mol. The van der Waals surface area contributed by atoms with E-state index in [2.05, 4.69) is 20.1 Å². The van der Waals surface area contributed by atoms with Crippen LogP contribution in [0.25, 0.3) is 0 Å². The molecule has 0 saturated heterocycles. The number of nitrogens with one attached hydrogen (secondary N) is 2. The molecule has 0 radical (unpaired) electrons. The van der Waals surface area contributed by atoms with Crippen LogP contribution in [0.4, 0.5) is 5.69 Å². The average Bonchev–Trinajstić information content (AvgIpc) is 2.89. The first-order valence-corrected chi connectivity index (χ1v) is 8.05. The van der Waals surface area contributed by atoms with Gasteiger partial charge in [-0.25, -0.2) is 8.42 Å². The molecule has 21 heavy (non-hydrogen) atoms. The number of sulfonamides is 1. The summed E-state index contributed by atoms with van der Waals surface area (Å²) in [5.41, 5.74) is 1.96. The quantitative estimate of drug-likeness (QED) is 0.828. The van der Waals surface area contributed by atoms with Crippen molar-refractivity contribution in [1.82, 2.24) is 20.1 Å². The second-order valence-corrected chi connectivity index (χ2v) is 6.42. The second-order valence-electron chi connectivity index (χ2n) is 4.73. The van der Waals surface area contributed by atoms with Gasteiger partial charge in [0.05, 0.1) is 24.1 Å². The number of hydrogen-bond acceptors (Lipinski definition) is 5. The summed E-state index contributed by atoms with van der Waals surface area (Å²) in [6, 6.07) is 3.47. The number of pyridine rings is 1. The lowest BCUT2D eigenvalue weighted by Gasteiger charge is -2.09. The Balaban J connectivity index is 2.19. The highest BCUT2D eigenvalue weighted by Crippen LogP contribution is 2.18. The molecule has 0 aliphatic heterocycles. The molecule has 0 aliphatic rings. The highest BCUT2D eigenvalue weighted by molar-refractivity contribution is 7.92. The van der Waals surface area contributed by atoms with E-state index in [0.29, 0.717) is 17.9 Å². The van der Waals surface area contributed by atoms with Crippen LogP contribution in [0.1, 0.15) is 11.4 Å². The molecular formula is C13H19N5O2S. The molecule has 0 atom stereocenters. The van der Waals surface area contributed by atoms with Crippen molar-refractivity contribution in [2.24, 2.45) is 0 Å². The summed E-state index contributed by atoms with van der Waals surface area (Å²) in [5, 5.41) is 7.02. The van der Waals surface area contributed by atoms with Gasteiger partial charge in [-0.05, 0) is 33.0 Å². The molecule has 0 bridgehead atoms. The summed E-state index contributed by atoms with van der Waals surface area (Å²) in [7, 11) is -1.82. The van der Waals surface area contributed by atoms with Gasteiger partial charge < -0.3 is 5.32 Å². The summed E-state index contributed by atoms with van der Waals surface area (Å²) in [5.74, 6) is 0. The lowest BCUT2D eigenvalue weighted by atomic mass is 10.3. The van der Waals surface area contributed by atoms with Crippen LogP contribution in [-0.2, 0) is 16.6 Å². The molecule has 0 unspecified atom stereocenters. The van der Waals surface area contributed by atoms with E-state index in [9.17, 15) is 8.42 Å². The lowest BCUT2D eigenvalue weighted by Crippen LogP contribution is -2.16. The van der Waals surface area contributed by atoms with E-state index in [0.717, 1.165) is 12.2 Å². The number of aryl methyl sites for hydroxylation is 2. The van der Waals surface area contributed by atoms with Crippen LogP contribution in [0.15, 0.2) is 29.4 Å². The van der Waals surface area contributed by atoms with Crippen LogP contribution in [0, 0.1) is 13.8 Å². The number of aromatic nitrogens is 3. The van der Waals surface area contributed by atoms with E-state index >= 15 is 0 Å². The van der Waals surface area contributed by atoms with Crippen LogP contribution >= 0.6 is 0 Å².